The van der Waals surface area contributed by atoms with Crippen LogP contribution in [0.25, 0.3) is 0 Å². The van der Waals surface area contributed by atoms with E-state index in [0.717, 1.165) is 0 Å². The third-order valence-corrected chi connectivity index (χ3v) is 3.33. The van der Waals surface area contributed by atoms with Crippen LogP contribution in [-0.2, 0) is 11.3 Å². The minimum atomic E-state index is -4.53. The van der Waals surface area contributed by atoms with Crippen LogP contribution in [0.4, 0.5) is 13.2 Å². The summed E-state index contributed by atoms with van der Waals surface area (Å²) < 4.78 is 53.9. The molecule has 1 atom stereocenters. The zero-order valence-electron chi connectivity index (χ0n) is 13.7. The van der Waals surface area contributed by atoms with Crippen molar-refractivity contribution in [1.82, 2.24) is 4.90 Å². The second kappa shape index (κ2) is 7.96. The number of hydrogen-bond acceptors (Lipinski definition) is 4. The zero-order chi connectivity index (χ0) is 18.4. The van der Waals surface area contributed by atoms with E-state index in [1.165, 1.54) is 26.4 Å². The minimum absolute atomic E-state index is 0.259. The zero-order valence-corrected chi connectivity index (χ0v) is 13.7. The first-order valence-electron chi connectivity index (χ1n) is 7.47. The van der Waals surface area contributed by atoms with Gasteiger partial charge >= 0.3 is 6.18 Å². The lowest BCUT2D eigenvalue weighted by Gasteiger charge is -2.26. The quantitative estimate of drug-likeness (QED) is 0.759. The van der Waals surface area contributed by atoms with Crippen molar-refractivity contribution < 1.29 is 31.9 Å². The summed E-state index contributed by atoms with van der Waals surface area (Å²) in [5.41, 5.74) is 0. The number of alkyl halides is 3. The molecule has 0 fully saturated rings. The Balaban J connectivity index is 2.07. The normalized spacial score (nSPS) is 12.5. The molecule has 1 aromatic heterocycles. The number of methoxy groups -OCH3 is 1. The molecule has 25 heavy (non-hydrogen) atoms. The van der Waals surface area contributed by atoms with Crippen LogP contribution in [0.3, 0.4) is 0 Å². The van der Waals surface area contributed by atoms with Gasteiger partial charge in [0, 0.05) is 0 Å². The maximum atomic E-state index is 12.8. The highest BCUT2D eigenvalue weighted by molar-refractivity contribution is 5.81. The fraction of sp³-hybridized carbons (Fsp3) is 0.353. The lowest BCUT2D eigenvalue weighted by Crippen LogP contribution is -2.44. The maximum Gasteiger partial charge on any atom is 0.406 e. The molecule has 0 aliphatic carbocycles. The average Bonchev–Trinajstić information content (AvgIpc) is 3.06. The van der Waals surface area contributed by atoms with Crippen molar-refractivity contribution in [1.29, 1.82) is 0 Å². The smallest absolute Gasteiger partial charge is 0.406 e. The summed E-state index contributed by atoms with van der Waals surface area (Å²) in [6.07, 6.45) is -4.28. The summed E-state index contributed by atoms with van der Waals surface area (Å²) in [7, 11) is 1.51. The number of benzene rings is 1. The van der Waals surface area contributed by atoms with Crippen LogP contribution >= 0.6 is 0 Å². The lowest BCUT2D eigenvalue weighted by molar-refractivity contribution is -0.166. The Morgan fingerprint density at radius 3 is 2.36 bits per heavy atom. The Morgan fingerprint density at radius 1 is 1.20 bits per heavy atom. The predicted molar refractivity (Wildman–Crippen MR) is 83.3 cm³/mol. The van der Waals surface area contributed by atoms with Crippen LogP contribution < -0.4 is 9.47 Å². The van der Waals surface area contributed by atoms with Gasteiger partial charge in [0.1, 0.15) is 23.8 Å². The molecule has 0 aliphatic rings. The predicted octanol–water partition coefficient (Wildman–Crippen LogP) is 3.65. The number of carbonyl (C=O) groups excluding carboxylic acids is 1. The summed E-state index contributed by atoms with van der Waals surface area (Å²) in [6.45, 7) is -0.275. The van der Waals surface area contributed by atoms with Crippen molar-refractivity contribution in [2.75, 3.05) is 13.7 Å². The van der Waals surface area contributed by atoms with Crippen molar-refractivity contribution in [2.24, 2.45) is 0 Å². The molecule has 0 saturated heterocycles. The fourth-order valence-electron chi connectivity index (χ4n) is 2.18. The molecule has 0 N–H and O–H groups in total. The number of furan rings is 1. The molecule has 0 bridgehead atoms. The molecule has 0 radical (unpaired) electrons. The highest BCUT2D eigenvalue weighted by Crippen LogP contribution is 2.22. The molecule has 2 aromatic rings. The van der Waals surface area contributed by atoms with Gasteiger partial charge in [0.2, 0.25) is 0 Å². The van der Waals surface area contributed by atoms with E-state index >= 15 is 0 Å². The van der Waals surface area contributed by atoms with E-state index in [0.29, 0.717) is 16.4 Å². The molecule has 136 valence electrons. The van der Waals surface area contributed by atoms with Crippen molar-refractivity contribution in [3.8, 4) is 11.5 Å². The van der Waals surface area contributed by atoms with Gasteiger partial charge in [0.15, 0.2) is 6.10 Å². The first-order chi connectivity index (χ1) is 11.8. The second-order valence-corrected chi connectivity index (χ2v) is 5.32. The highest BCUT2D eigenvalue weighted by Gasteiger charge is 2.35. The molecule has 1 heterocycles. The van der Waals surface area contributed by atoms with Crippen molar-refractivity contribution in [3.05, 3.63) is 48.4 Å². The molecule has 2 rings (SSSR count). The molecule has 1 unspecified atom stereocenters. The molecule has 0 aliphatic heterocycles. The van der Waals surface area contributed by atoms with Gasteiger partial charge in [0.05, 0.1) is 19.9 Å². The Kier molecular flexibility index (Phi) is 5.95. The maximum absolute atomic E-state index is 12.8. The van der Waals surface area contributed by atoms with Crippen LogP contribution in [0, 0.1) is 0 Å². The molecular weight excluding hydrogens is 339 g/mol. The van der Waals surface area contributed by atoms with Crippen LogP contribution in [0.2, 0.25) is 0 Å². The van der Waals surface area contributed by atoms with Gasteiger partial charge in [-0.2, -0.15) is 13.2 Å². The highest BCUT2D eigenvalue weighted by atomic mass is 19.4. The average molecular weight is 357 g/mol. The number of rotatable bonds is 7. The van der Waals surface area contributed by atoms with Crippen LogP contribution in [0.1, 0.15) is 12.7 Å². The van der Waals surface area contributed by atoms with E-state index in [-0.39, 0.29) is 12.3 Å². The van der Waals surface area contributed by atoms with Crippen molar-refractivity contribution in [2.45, 2.75) is 25.7 Å². The van der Waals surface area contributed by atoms with Gasteiger partial charge in [0.25, 0.3) is 5.91 Å². The summed E-state index contributed by atoms with van der Waals surface area (Å²) in [4.78, 5) is 13.1. The summed E-state index contributed by atoms with van der Waals surface area (Å²) >= 11 is 0. The molecule has 0 saturated carbocycles. The first-order valence-corrected chi connectivity index (χ1v) is 7.47. The minimum Gasteiger partial charge on any atom is -0.497 e. The number of amides is 1. The third-order valence-electron chi connectivity index (χ3n) is 3.33. The van der Waals surface area contributed by atoms with E-state index in [1.54, 1.807) is 30.3 Å². The Morgan fingerprint density at radius 2 is 1.84 bits per heavy atom. The Bertz CT molecular complexity index is 668. The van der Waals surface area contributed by atoms with E-state index in [9.17, 15) is 18.0 Å². The van der Waals surface area contributed by atoms with Crippen LogP contribution in [0.5, 0.6) is 11.5 Å². The summed E-state index contributed by atoms with van der Waals surface area (Å²) in [5.74, 6) is 0.424. The van der Waals surface area contributed by atoms with Crippen LogP contribution in [-0.4, -0.2) is 36.7 Å². The SMILES string of the molecule is COc1ccc(OC(C)C(=O)N(Cc2ccco2)CC(F)(F)F)cc1. The number of nitrogens with zero attached hydrogens (tertiary/aromatic N) is 1. The van der Waals surface area contributed by atoms with Gasteiger partial charge in [-0.15, -0.1) is 0 Å². The first kappa shape index (κ1) is 18.7. The van der Waals surface area contributed by atoms with E-state index in [2.05, 4.69) is 0 Å². The third kappa shape index (κ3) is 5.74. The molecular formula is C17H18F3NO4. The molecule has 8 heteroatoms. The Labute approximate surface area is 142 Å². The lowest BCUT2D eigenvalue weighted by atomic mass is 10.2. The van der Waals surface area contributed by atoms with Crippen LogP contribution in [0.15, 0.2) is 47.1 Å². The van der Waals surface area contributed by atoms with Gasteiger partial charge in [-0.05, 0) is 43.3 Å². The molecule has 0 spiro atoms. The monoisotopic (exact) mass is 357 g/mol. The number of ether oxygens (including phenoxy) is 2. The van der Waals surface area contributed by atoms with E-state index < -0.39 is 24.7 Å². The Hall–Kier alpha value is -2.64. The topological polar surface area (TPSA) is 51.9 Å². The molecule has 1 amide bonds. The largest absolute Gasteiger partial charge is 0.497 e. The van der Waals surface area contributed by atoms with Gasteiger partial charge in [-0.25, -0.2) is 0 Å². The van der Waals surface area contributed by atoms with E-state index in [4.69, 9.17) is 13.9 Å². The fourth-order valence-corrected chi connectivity index (χ4v) is 2.18. The summed E-state index contributed by atoms with van der Waals surface area (Å²) in [6, 6.07) is 9.45. The van der Waals surface area contributed by atoms with E-state index in [1.807, 2.05) is 0 Å². The van der Waals surface area contributed by atoms with Crippen molar-refractivity contribution >= 4 is 5.91 Å². The second-order valence-electron chi connectivity index (χ2n) is 5.32. The summed E-state index contributed by atoms with van der Waals surface area (Å²) in [5, 5.41) is 0. The number of hydrogen-bond donors (Lipinski definition) is 0. The molecule has 5 nitrogen and oxygen atoms in total. The van der Waals surface area contributed by atoms with Gasteiger partial charge in [-0.3, -0.25) is 4.79 Å². The number of halogens is 3. The molecule has 1 aromatic carbocycles. The number of carbonyl (C=O) groups is 1. The van der Waals surface area contributed by atoms with Gasteiger partial charge in [-0.1, -0.05) is 0 Å². The van der Waals surface area contributed by atoms with Crippen molar-refractivity contribution in [3.63, 3.8) is 0 Å². The van der Waals surface area contributed by atoms with Gasteiger partial charge < -0.3 is 18.8 Å². The standard InChI is InChI=1S/C17H18F3NO4/c1-12(25-14-7-5-13(23-2)6-8-14)16(22)21(11-17(18,19)20)10-15-4-3-9-24-15/h3-9,12H,10-11H2,1-2H3.